The summed E-state index contributed by atoms with van der Waals surface area (Å²) in [6.07, 6.45) is 2.36. The smallest absolute Gasteiger partial charge is 0.244 e. The van der Waals surface area contributed by atoms with Gasteiger partial charge in [-0.2, -0.15) is 0 Å². The molecule has 1 saturated carbocycles. The highest BCUT2D eigenvalue weighted by molar-refractivity contribution is 7.89. The highest BCUT2D eigenvalue weighted by atomic mass is 32.2. The number of methoxy groups -OCH3 is 1. The molecule has 1 fully saturated rings. The number of hydrogen-bond donors (Lipinski definition) is 2. The van der Waals surface area contributed by atoms with E-state index in [1.807, 2.05) is 19.9 Å². The number of aliphatic hydroxyl groups excluding tert-OH is 1. The maximum Gasteiger partial charge on any atom is 0.244 e. The van der Waals surface area contributed by atoms with E-state index in [0.29, 0.717) is 24.3 Å². The summed E-state index contributed by atoms with van der Waals surface area (Å²) in [7, 11) is -2.37. The molecule has 6 nitrogen and oxygen atoms in total. The van der Waals surface area contributed by atoms with Crippen molar-refractivity contribution in [2.24, 2.45) is 5.92 Å². The van der Waals surface area contributed by atoms with Crippen LogP contribution in [0.4, 0.5) is 0 Å². The lowest BCUT2D eigenvalue weighted by Crippen LogP contribution is -2.41. The van der Waals surface area contributed by atoms with Crippen molar-refractivity contribution < 1.29 is 18.3 Å². The molecule has 0 radical (unpaired) electrons. The molecule has 0 spiro atoms. The van der Waals surface area contributed by atoms with E-state index in [9.17, 15) is 13.5 Å². The molecule has 26 heavy (non-hydrogen) atoms. The zero-order valence-electron chi connectivity index (χ0n) is 15.1. The summed E-state index contributed by atoms with van der Waals surface area (Å²) in [6, 6.07) is 8.28. The van der Waals surface area contributed by atoms with Gasteiger partial charge in [0, 0.05) is 6.20 Å². The Kier molecular flexibility index (Phi) is 5.32. The van der Waals surface area contributed by atoms with E-state index >= 15 is 0 Å². The van der Waals surface area contributed by atoms with Gasteiger partial charge >= 0.3 is 0 Å². The molecule has 2 N–H and O–H groups in total. The topological polar surface area (TPSA) is 88.5 Å². The normalized spacial score (nSPS) is 21.1. The van der Waals surface area contributed by atoms with E-state index in [4.69, 9.17) is 4.74 Å². The van der Waals surface area contributed by atoms with Gasteiger partial charge in [0.2, 0.25) is 10.0 Å². The minimum atomic E-state index is -3.82. The summed E-state index contributed by atoms with van der Waals surface area (Å²) in [5.74, 6) is 0.321. The highest BCUT2D eigenvalue weighted by Crippen LogP contribution is 2.39. The number of pyridine rings is 1. The maximum absolute atomic E-state index is 13.1. The standard InChI is InChI=1S/C19H24N2O4S/c1-12-8-17(25-3)18(9-13(12)2)26(23,24)21-19(14-10-15(22)11-14)16-6-4-5-7-20-16/h4-9,14-15,19,21-22H,10-11H2,1-3H3/t14?,15?,19-/m0/s1. The minimum absolute atomic E-state index is 0.00668. The molecule has 1 aliphatic carbocycles. The molecule has 1 heterocycles. The Morgan fingerprint density at radius 2 is 1.92 bits per heavy atom. The minimum Gasteiger partial charge on any atom is -0.495 e. The SMILES string of the molecule is COc1cc(C)c(C)cc1S(=O)(=O)N[C@H](c1ccccn1)C1CC(O)C1. The average Bonchev–Trinajstić information content (AvgIpc) is 2.60. The Bertz CT molecular complexity index is 878. The quantitative estimate of drug-likeness (QED) is 0.809. The first-order chi connectivity index (χ1) is 12.3. The van der Waals surface area contributed by atoms with Gasteiger partial charge < -0.3 is 9.84 Å². The second-order valence-electron chi connectivity index (χ2n) is 6.83. The third-order valence-corrected chi connectivity index (χ3v) is 6.44. The van der Waals surface area contributed by atoms with Gasteiger partial charge in [0.1, 0.15) is 10.6 Å². The van der Waals surface area contributed by atoms with Gasteiger partial charge in [-0.3, -0.25) is 4.98 Å². The summed E-state index contributed by atoms with van der Waals surface area (Å²) in [5.41, 5.74) is 2.49. The van der Waals surface area contributed by atoms with Crippen LogP contribution in [-0.2, 0) is 10.0 Å². The molecule has 0 amide bonds. The van der Waals surface area contributed by atoms with Crippen LogP contribution in [-0.4, -0.2) is 31.7 Å². The predicted molar refractivity (Wildman–Crippen MR) is 98.5 cm³/mol. The van der Waals surface area contributed by atoms with Crippen molar-refractivity contribution in [3.63, 3.8) is 0 Å². The number of aliphatic hydroxyl groups is 1. The first kappa shape index (κ1) is 18.8. The number of rotatable bonds is 6. The molecule has 140 valence electrons. The fourth-order valence-corrected chi connectivity index (χ4v) is 4.74. The zero-order chi connectivity index (χ0) is 18.9. The van der Waals surface area contributed by atoms with E-state index < -0.39 is 16.1 Å². The fourth-order valence-electron chi connectivity index (χ4n) is 3.22. The van der Waals surface area contributed by atoms with Crippen LogP contribution in [0.3, 0.4) is 0 Å². The number of nitrogens with zero attached hydrogens (tertiary/aromatic N) is 1. The van der Waals surface area contributed by atoms with Crippen molar-refractivity contribution in [1.29, 1.82) is 0 Å². The molecular weight excluding hydrogens is 352 g/mol. The molecule has 1 aromatic heterocycles. The van der Waals surface area contributed by atoms with Crippen molar-refractivity contribution in [3.05, 3.63) is 53.3 Å². The molecule has 7 heteroatoms. The maximum atomic E-state index is 13.1. The van der Waals surface area contributed by atoms with Crippen molar-refractivity contribution in [2.45, 2.75) is 43.7 Å². The van der Waals surface area contributed by atoms with Gasteiger partial charge in [0.25, 0.3) is 0 Å². The van der Waals surface area contributed by atoms with Crippen LogP contribution in [0.15, 0.2) is 41.4 Å². The Balaban J connectivity index is 1.97. The monoisotopic (exact) mass is 376 g/mol. The van der Waals surface area contributed by atoms with E-state index in [0.717, 1.165) is 11.1 Å². The van der Waals surface area contributed by atoms with Crippen LogP contribution in [0.1, 0.15) is 35.7 Å². The molecule has 1 aliphatic rings. The summed E-state index contributed by atoms with van der Waals surface area (Å²) in [5, 5.41) is 9.66. The summed E-state index contributed by atoms with van der Waals surface area (Å²) >= 11 is 0. The van der Waals surface area contributed by atoms with Gasteiger partial charge in [0.05, 0.1) is 24.9 Å². The van der Waals surface area contributed by atoms with Gasteiger partial charge in [-0.1, -0.05) is 6.07 Å². The fraction of sp³-hybridized carbons (Fsp3) is 0.421. The van der Waals surface area contributed by atoms with E-state index in [1.165, 1.54) is 7.11 Å². The first-order valence-electron chi connectivity index (χ1n) is 8.58. The molecular formula is C19H24N2O4S. The van der Waals surface area contributed by atoms with Crippen LogP contribution in [0.25, 0.3) is 0 Å². The summed E-state index contributed by atoms with van der Waals surface area (Å²) < 4.78 is 34.3. The van der Waals surface area contributed by atoms with Gasteiger partial charge in [-0.05, 0) is 68.0 Å². The average molecular weight is 376 g/mol. The van der Waals surface area contributed by atoms with Crippen LogP contribution >= 0.6 is 0 Å². The number of nitrogens with one attached hydrogen (secondary N) is 1. The third-order valence-electron chi connectivity index (χ3n) is 4.98. The number of aryl methyl sites for hydroxylation is 2. The van der Waals surface area contributed by atoms with Crippen molar-refractivity contribution in [2.75, 3.05) is 7.11 Å². The largest absolute Gasteiger partial charge is 0.495 e. The van der Waals surface area contributed by atoms with E-state index in [-0.39, 0.29) is 16.9 Å². The van der Waals surface area contributed by atoms with Crippen molar-refractivity contribution >= 4 is 10.0 Å². The lowest BCUT2D eigenvalue weighted by molar-refractivity contribution is 0.0273. The second-order valence-corrected chi connectivity index (χ2v) is 8.51. The Labute approximate surface area is 154 Å². The summed E-state index contributed by atoms with van der Waals surface area (Å²) in [6.45, 7) is 3.78. The Morgan fingerprint density at radius 1 is 1.23 bits per heavy atom. The number of sulfonamides is 1. The van der Waals surface area contributed by atoms with Crippen LogP contribution in [0, 0.1) is 19.8 Å². The molecule has 3 rings (SSSR count). The molecule has 2 aromatic rings. The Hall–Kier alpha value is -1.96. The predicted octanol–water partition coefficient (Wildman–Crippen LogP) is 2.50. The number of hydrogen-bond acceptors (Lipinski definition) is 5. The van der Waals surface area contributed by atoms with E-state index in [2.05, 4.69) is 9.71 Å². The molecule has 1 atom stereocenters. The van der Waals surface area contributed by atoms with Crippen LogP contribution < -0.4 is 9.46 Å². The highest BCUT2D eigenvalue weighted by Gasteiger charge is 2.38. The van der Waals surface area contributed by atoms with Gasteiger partial charge in [-0.15, -0.1) is 0 Å². The van der Waals surface area contributed by atoms with Crippen LogP contribution in [0.5, 0.6) is 5.75 Å². The molecule has 0 unspecified atom stereocenters. The number of benzene rings is 1. The van der Waals surface area contributed by atoms with Crippen molar-refractivity contribution in [1.82, 2.24) is 9.71 Å². The molecule has 0 saturated heterocycles. The van der Waals surface area contributed by atoms with Crippen molar-refractivity contribution in [3.8, 4) is 5.75 Å². The lowest BCUT2D eigenvalue weighted by atomic mass is 9.76. The van der Waals surface area contributed by atoms with Gasteiger partial charge in [0.15, 0.2) is 0 Å². The Morgan fingerprint density at radius 3 is 2.50 bits per heavy atom. The molecule has 1 aromatic carbocycles. The molecule has 0 aliphatic heterocycles. The number of aromatic nitrogens is 1. The van der Waals surface area contributed by atoms with Gasteiger partial charge in [-0.25, -0.2) is 13.1 Å². The lowest BCUT2D eigenvalue weighted by Gasteiger charge is -2.37. The second kappa shape index (κ2) is 7.34. The van der Waals surface area contributed by atoms with Crippen LogP contribution in [0.2, 0.25) is 0 Å². The zero-order valence-corrected chi connectivity index (χ0v) is 16.0. The summed E-state index contributed by atoms with van der Waals surface area (Å²) in [4.78, 5) is 4.43. The van der Waals surface area contributed by atoms with E-state index in [1.54, 1.807) is 30.5 Å². The molecule has 0 bridgehead atoms. The third kappa shape index (κ3) is 3.75. The number of ether oxygens (including phenoxy) is 1. The first-order valence-corrected chi connectivity index (χ1v) is 10.1.